The average molecular weight is 444 g/mol. The number of halogens is 1. The van der Waals surface area contributed by atoms with Crippen molar-refractivity contribution in [2.24, 2.45) is 5.92 Å². The Balaban J connectivity index is 1.27. The second-order valence-electron chi connectivity index (χ2n) is 8.71. The lowest BCUT2D eigenvalue weighted by atomic mass is 9.95. The number of likely N-dealkylation sites (tertiary alicyclic amines) is 1. The Labute approximate surface area is 187 Å². The molecular formula is C24H30FN3O4. The van der Waals surface area contributed by atoms with E-state index >= 15 is 0 Å². The van der Waals surface area contributed by atoms with Crippen LogP contribution >= 0.6 is 0 Å². The van der Waals surface area contributed by atoms with Crippen LogP contribution in [0, 0.1) is 11.7 Å². The van der Waals surface area contributed by atoms with Crippen LogP contribution < -0.4 is 10.2 Å². The number of piperidine rings is 1. The van der Waals surface area contributed by atoms with Gasteiger partial charge in [0.25, 0.3) is 5.91 Å². The van der Waals surface area contributed by atoms with Crippen molar-refractivity contribution in [3.63, 3.8) is 0 Å². The topological polar surface area (TPSA) is 75.0 Å². The molecule has 32 heavy (non-hydrogen) atoms. The highest BCUT2D eigenvalue weighted by atomic mass is 19.1. The number of rotatable bonds is 5. The highest BCUT2D eigenvalue weighted by molar-refractivity contribution is 5.91. The molecule has 2 unspecified atom stereocenters. The van der Waals surface area contributed by atoms with E-state index in [1.165, 1.54) is 12.3 Å². The third-order valence-corrected chi connectivity index (χ3v) is 6.12. The third kappa shape index (κ3) is 5.12. The van der Waals surface area contributed by atoms with Gasteiger partial charge in [0.2, 0.25) is 5.91 Å². The van der Waals surface area contributed by atoms with Crippen LogP contribution in [0.3, 0.4) is 0 Å². The van der Waals surface area contributed by atoms with Gasteiger partial charge in [0.15, 0.2) is 5.76 Å². The average Bonchev–Trinajstić information content (AvgIpc) is 3.31. The fraction of sp³-hybridized carbons (Fsp3) is 0.500. The van der Waals surface area contributed by atoms with Crippen molar-refractivity contribution in [1.82, 2.24) is 10.2 Å². The molecule has 2 fully saturated rings. The molecule has 0 aliphatic carbocycles. The predicted octanol–water partition coefficient (Wildman–Crippen LogP) is 3.20. The number of carbonyl (C=O) groups excluding carboxylic acids is 2. The van der Waals surface area contributed by atoms with E-state index in [1.807, 2.05) is 24.8 Å². The zero-order valence-corrected chi connectivity index (χ0v) is 18.6. The number of benzene rings is 1. The van der Waals surface area contributed by atoms with Gasteiger partial charge in [-0.05, 0) is 56.5 Å². The van der Waals surface area contributed by atoms with Crippen molar-refractivity contribution >= 4 is 17.5 Å². The Kier molecular flexibility index (Phi) is 6.79. The molecule has 1 aromatic heterocycles. The molecule has 1 aromatic carbocycles. The molecular weight excluding hydrogens is 413 g/mol. The maximum Gasteiger partial charge on any atom is 0.289 e. The fourth-order valence-electron chi connectivity index (χ4n) is 4.53. The number of hydrogen-bond donors (Lipinski definition) is 1. The quantitative estimate of drug-likeness (QED) is 0.768. The number of morpholine rings is 1. The van der Waals surface area contributed by atoms with E-state index < -0.39 is 0 Å². The molecule has 3 heterocycles. The van der Waals surface area contributed by atoms with Crippen LogP contribution in [-0.2, 0) is 16.1 Å². The second-order valence-corrected chi connectivity index (χ2v) is 8.71. The summed E-state index contributed by atoms with van der Waals surface area (Å²) >= 11 is 0. The first kappa shape index (κ1) is 22.3. The van der Waals surface area contributed by atoms with E-state index in [9.17, 15) is 14.0 Å². The second kappa shape index (κ2) is 9.73. The lowest BCUT2D eigenvalue weighted by molar-refractivity contribution is -0.126. The van der Waals surface area contributed by atoms with Crippen molar-refractivity contribution < 1.29 is 23.1 Å². The zero-order valence-electron chi connectivity index (χ0n) is 18.6. The Bertz CT molecular complexity index is 931. The van der Waals surface area contributed by atoms with E-state index in [1.54, 1.807) is 23.1 Å². The molecule has 8 heteroatoms. The number of hydrogen-bond acceptors (Lipinski definition) is 5. The van der Waals surface area contributed by atoms with Gasteiger partial charge in [0, 0.05) is 38.6 Å². The van der Waals surface area contributed by atoms with Gasteiger partial charge in [-0.3, -0.25) is 9.59 Å². The minimum atomic E-state index is -0.289. The number of anilines is 1. The fourth-order valence-corrected chi connectivity index (χ4v) is 4.53. The molecule has 2 atom stereocenters. The zero-order chi connectivity index (χ0) is 22.7. The van der Waals surface area contributed by atoms with E-state index in [0.717, 1.165) is 5.56 Å². The molecule has 2 aliphatic heterocycles. The molecule has 1 N–H and O–H groups in total. The number of carbonyl (C=O) groups is 2. The number of ether oxygens (including phenoxy) is 1. The van der Waals surface area contributed by atoms with Gasteiger partial charge < -0.3 is 24.3 Å². The van der Waals surface area contributed by atoms with Gasteiger partial charge in [-0.2, -0.15) is 0 Å². The minimum absolute atomic E-state index is 0.0536. The summed E-state index contributed by atoms with van der Waals surface area (Å²) in [6.07, 6.45) is 2.78. The molecule has 2 aromatic rings. The molecule has 2 saturated heterocycles. The highest BCUT2D eigenvalue weighted by Gasteiger charge is 2.29. The van der Waals surface area contributed by atoms with Gasteiger partial charge in [-0.15, -0.1) is 0 Å². The summed E-state index contributed by atoms with van der Waals surface area (Å²) in [5.41, 5.74) is 1.29. The van der Waals surface area contributed by atoms with Gasteiger partial charge >= 0.3 is 0 Å². The third-order valence-electron chi connectivity index (χ3n) is 6.12. The summed E-state index contributed by atoms with van der Waals surface area (Å²) < 4.78 is 25.7. The van der Waals surface area contributed by atoms with E-state index in [-0.39, 0.29) is 42.3 Å². The monoisotopic (exact) mass is 443 g/mol. The molecule has 0 spiro atoms. The van der Waals surface area contributed by atoms with Crippen molar-refractivity contribution in [2.45, 2.75) is 45.4 Å². The van der Waals surface area contributed by atoms with Crippen molar-refractivity contribution in [3.05, 3.63) is 53.7 Å². The molecule has 172 valence electrons. The van der Waals surface area contributed by atoms with Crippen LogP contribution in [0.25, 0.3) is 0 Å². The summed E-state index contributed by atoms with van der Waals surface area (Å²) in [5.74, 6) is -0.331. The van der Waals surface area contributed by atoms with Crippen LogP contribution in [0.1, 0.15) is 42.8 Å². The summed E-state index contributed by atoms with van der Waals surface area (Å²) in [7, 11) is 0. The van der Waals surface area contributed by atoms with Crippen LogP contribution in [0.2, 0.25) is 0 Å². The lowest BCUT2D eigenvalue weighted by Gasteiger charge is -2.37. The summed E-state index contributed by atoms with van der Waals surface area (Å²) in [6.45, 7) is 6.58. The molecule has 4 rings (SSSR count). The Morgan fingerprint density at radius 2 is 1.84 bits per heavy atom. The van der Waals surface area contributed by atoms with Crippen LogP contribution in [0.5, 0.6) is 0 Å². The van der Waals surface area contributed by atoms with E-state index in [4.69, 9.17) is 9.15 Å². The van der Waals surface area contributed by atoms with Gasteiger partial charge in [0.1, 0.15) is 5.82 Å². The first-order valence-corrected chi connectivity index (χ1v) is 11.2. The maximum atomic E-state index is 14.8. The van der Waals surface area contributed by atoms with Crippen LogP contribution in [0.4, 0.5) is 10.1 Å². The van der Waals surface area contributed by atoms with Gasteiger partial charge in [0.05, 0.1) is 24.2 Å². The van der Waals surface area contributed by atoms with Crippen molar-refractivity contribution in [3.8, 4) is 0 Å². The van der Waals surface area contributed by atoms with Crippen molar-refractivity contribution in [1.29, 1.82) is 0 Å². The first-order chi connectivity index (χ1) is 15.4. The lowest BCUT2D eigenvalue weighted by Crippen LogP contribution is -2.45. The molecule has 7 nitrogen and oxygen atoms in total. The highest BCUT2D eigenvalue weighted by Crippen LogP contribution is 2.25. The Morgan fingerprint density at radius 3 is 2.47 bits per heavy atom. The maximum absolute atomic E-state index is 14.8. The number of nitrogens with zero attached hydrogens (tertiary/aromatic N) is 2. The Hall–Kier alpha value is -2.87. The number of amides is 2. The molecule has 0 bridgehead atoms. The van der Waals surface area contributed by atoms with Crippen molar-refractivity contribution in [2.75, 3.05) is 31.1 Å². The molecule has 0 radical (unpaired) electrons. The number of furan rings is 1. The smallest absolute Gasteiger partial charge is 0.289 e. The first-order valence-electron chi connectivity index (χ1n) is 11.2. The predicted molar refractivity (Wildman–Crippen MR) is 118 cm³/mol. The summed E-state index contributed by atoms with van der Waals surface area (Å²) in [4.78, 5) is 28.7. The molecule has 2 aliphatic rings. The largest absolute Gasteiger partial charge is 0.459 e. The van der Waals surface area contributed by atoms with E-state index in [0.29, 0.717) is 50.5 Å². The van der Waals surface area contributed by atoms with Gasteiger partial charge in [-0.25, -0.2) is 4.39 Å². The molecule has 2 amide bonds. The van der Waals surface area contributed by atoms with E-state index in [2.05, 4.69) is 5.32 Å². The van der Waals surface area contributed by atoms with Crippen LogP contribution in [0.15, 0.2) is 41.0 Å². The standard InChI is InChI=1S/C24H30FN3O4/c1-16-14-28(15-17(2)32-16)21-6-5-18(12-20(21)25)13-26-23(29)19-7-9-27(10-8-19)24(30)22-4-3-11-31-22/h3-6,11-12,16-17,19H,7-10,13-15H2,1-2H3,(H,26,29). The molecule has 0 saturated carbocycles. The Morgan fingerprint density at radius 1 is 1.12 bits per heavy atom. The normalized spacial score (nSPS) is 22.1. The minimum Gasteiger partial charge on any atom is -0.459 e. The number of nitrogens with one attached hydrogen (secondary N) is 1. The summed E-state index contributed by atoms with van der Waals surface area (Å²) in [5, 5.41) is 2.92. The van der Waals surface area contributed by atoms with Crippen LogP contribution in [-0.4, -0.2) is 55.1 Å². The SMILES string of the molecule is CC1CN(c2ccc(CNC(=O)C3CCN(C(=O)c4ccco4)CC3)cc2F)CC(C)O1. The van der Waals surface area contributed by atoms with Gasteiger partial charge in [-0.1, -0.05) is 6.07 Å². The summed E-state index contributed by atoms with van der Waals surface area (Å²) in [6, 6.07) is 8.45.